The summed E-state index contributed by atoms with van der Waals surface area (Å²) >= 11 is 0. The molecule has 0 saturated carbocycles. The SMILES string of the molecule is C=CC(=O)NC(Cc1ccccc1)C(=O)N(C)C#N. The normalized spacial score (nSPS) is 10.9. The first kappa shape index (κ1) is 14.5. The molecule has 19 heavy (non-hydrogen) atoms. The second kappa shape index (κ2) is 6.97. The van der Waals surface area contributed by atoms with Gasteiger partial charge in [0.15, 0.2) is 6.19 Å². The van der Waals surface area contributed by atoms with Gasteiger partial charge in [0.2, 0.25) is 5.91 Å². The number of likely N-dealkylation sites (N-methyl/N-ethyl adjacent to an activating group) is 1. The van der Waals surface area contributed by atoms with Crippen LogP contribution < -0.4 is 5.32 Å². The number of amides is 2. The Hall–Kier alpha value is -2.61. The summed E-state index contributed by atoms with van der Waals surface area (Å²) in [5, 5.41) is 11.3. The maximum Gasteiger partial charge on any atom is 0.258 e. The molecule has 0 aliphatic carbocycles. The van der Waals surface area contributed by atoms with Gasteiger partial charge in [-0.2, -0.15) is 5.26 Å². The average molecular weight is 257 g/mol. The van der Waals surface area contributed by atoms with Crippen molar-refractivity contribution in [3.8, 4) is 6.19 Å². The topological polar surface area (TPSA) is 73.2 Å². The van der Waals surface area contributed by atoms with Crippen LogP contribution in [0.15, 0.2) is 43.0 Å². The fourth-order valence-corrected chi connectivity index (χ4v) is 1.56. The van der Waals surface area contributed by atoms with Crippen LogP contribution in [-0.4, -0.2) is 29.8 Å². The second-order valence-electron chi connectivity index (χ2n) is 3.95. The highest BCUT2D eigenvalue weighted by molar-refractivity contribution is 5.93. The average Bonchev–Trinajstić information content (AvgIpc) is 2.45. The monoisotopic (exact) mass is 257 g/mol. The van der Waals surface area contributed by atoms with Crippen LogP contribution in [0.5, 0.6) is 0 Å². The number of nitrogens with one attached hydrogen (secondary N) is 1. The van der Waals surface area contributed by atoms with Gasteiger partial charge < -0.3 is 5.32 Å². The molecule has 1 atom stereocenters. The molecule has 0 radical (unpaired) electrons. The zero-order chi connectivity index (χ0) is 14.3. The number of hydrogen-bond acceptors (Lipinski definition) is 3. The molecule has 5 heteroatoms. The van der Waals surface area contributed by atoms with Crippen LogP contribution in [0.3, 0.4) is 0 Å². The van der Waals surface area contributed by atoms with Crippen molar-refractivity contribution >= 4 is 11.8 Å². The van der Waals surface area contributed by atoms with Gasteiger partial charge in [-0.3, -0.25) is 14.5 Å². The Morgan fingerprint density at radius 1 is 1.47 bits per heavy atom. The van der Waals surface area contributed by atoms with Crippen molar-refractivity contribution in [1.29, 1.82) is 5.26 Å². The van der Waals surface area contributed by atoms with Crippen LogP contribution in [-0.2, 0) is 16.0 Å². The summed E-state index contributed by atoms with van der Waals surface area (Å²) in [6.07, 6.45) is 3.15. The molecule has 0 bridgehead atoms. The second-order valence-corrected chi connectivity index (χ2v) is 3.95. The molecular formula is C14H15N3O2. The third kappa shape index (κ3) is 4.28. The summed E-state index contributed by atoms with van der Waals surface area (Å²) in [4.78, 5) is 24.2. The Morgan fingerprint density at radius 2 is 2.11 bits per heavy atom. The Labute approximate surface area is 112 Å². The molecule has 2 amide bonds. The van der Waals surface area contributed by atoms with Crippen LogP contribution in [0.25, 0.3) is 0 Å². The molecule has 0 saturated heterocycles. The Kier molecular flexibility index (Phi) is 5.30. The summed E-state index contributed by atoms with van der Waals surface area (Å²) in [5.41, 5.74) is 0.900. The van der Waals surface area contributed by atoms with Crippen molar-refractivity contribution in [2.75, 3.05) is 7.05 Å². The highest BCUT2D eigenvalue weighted by Gasteiger charge is 2.23. The third-order valence-corrected chi connectivity index (χ3v) is 2.56. The van der Waals surface area contributed by atoms with Crippen LogP contribution in [0.4, 0.5) is 0 Å². The molecule has 0 spiro atoms. The minimum atomic E-state index is -0.780. The zero-order valence-corrected chi connectivity index (χ0v) is 10.7. The first-order valence-corrected chi connectivity index (χ1v) is 5.72. The van der Waals surface area contributed by atoms with Gasteiger partial charge in [0.05, 0.1) is 0 Å². The maximum absolute atomic E-state index is 12.0. The number of nitriles is 1. The molecule has 0 fully saturated rings. The molecule has 5 nitrogen and oxygen atoms in total. The van der Waals surface area contributed by atoms with E-state index >= 15 is 0 Å². The van der Waals surface area contributed by atoms with Gasteiger partial charge >= 0.3 is 0 Å². The Balaban J connectivity index is 2.86. The van der Waals surface area contributed by atoms with E-state index in [1.54, 1.807) is 6.19 Å². The van der Waals surface area contributed by atoms with Gasteiger partial charge in [-0.1, -0.05) is 36.9 Å². The van der Waals surface area contributed by atoms with E-state index in [1.807, 2.05) is 30.3 Å². The van der Waals surface area contributed by atoms with Gasteiger partial charge in [0, 0.05) is 13.5 Å². The van der Waals surface area contributed by atoms with E-state index in [4.69, 9.17) is 5.26 Å². The lowest BCUT2D eigenvalue weighted by Crippen LogP contribution is -2.46. The van der Waals surface area contributed by atoms with Crippen LogP contribution in [0, 0.1) is 11.5 Å². The molecule has 1 aromatic rings. The van der Waals surface area contributed by atoms with Crippen LogP contribution in [0.1, 0.15) is 5.56 Å². The smallest absolute Gasteiger partial charge is 0.258 e. The van der Waals surface area contributed by atoms with Crippen molar-refractivity contribution < 1.29 is 9.59 Å². The molecular weight excluding hydrogens is 242 g/mol. The largest absolute Gasteiger partial charge is 0.340 e. The minimum absolute atomic E-state index is 0.325. The predicted molar refractivity (Wildman–Crippen MR) is 70.7 cm³/mol. The standard InChI is InChI=1S/C14H15N3O2/c1-3-13(18)16-12(14(19)17(2)10-15)9-11-7-5-4-6-8-11/h3-8,12H,1,9H2,2H3,(H,16,18). The van der Waals surface area contributed by atoms with Gasteiger partial charge in [-0.05, 0) is 11.6 Å². The summed E-state index contributed by atoms with van der Waals surface area (Å²) in [5.74, 6) is -0.901. The van der Waals surface area contributed by atoms with Crippen LogP contribution >= 0.6 is 0 Å². The molecule has 0 aliphatic rings. The van der Waals surface area contributed by atoms with Gasteiger partial charge in [0.25, 0.3) is 5.91 Å². The quantitative estimate of drug-likeness (QED) is 0.482. The molecule has 1 rings (SSSR count). The summed E-state index contributed by atoms with van der Waals surface area (Å²) in [6, 6.07) is 8.49. The van der Waals surface area contributed by atoms with E-state index in [0.29, 0.717) is 6.42 Å². The van der Waals surface area contributed by atoms with Crippen molar-refractivity contribution in [3.05, 3.63) is 48.6 Å². The molecule has 1 N–H and O–H groups in total. The van der Waals surface area contributed by atoms with E-state index in [2.05, 4.69) is 11.9 Å². The zero-order valence-electron chi connectivity index (χ0n) is 10.7. The number of nitrogens with zero attached hydrogens (tertiary/aromatic N) is 2. The van der Waals surface area contributed by atoms with Gasteiger partial charge in [-0.15, -0.1) is 0 Å². The molecule has 0 aliphatic heterocycles. The predicted octanol–water partition coefficient (Wildman–Crippen LogP) is 0.839. The van der Waals surface area contributed by atoms with E-state index in [1.165, 1.54) is 7.05 Å². The van der Waals surface area contributed by atoms with E-state index < -0.39 is 17.9 Å². The number of hydrogen-bond donors (Lipinski definition) is 1. The van der Waals surface area contributed by atoms with E-state index in [9.17, 15) is 9.59 Å². The fourth-order valence-electron chi connectivity index (χ4n) is 1.56. The number of rotatable bonds is 5. The fraction of sp³-hybridized carbons (Fsp3) is 0.214. The lowest BCUT2D eigenvalue weighted by Gasteiger charge is -2.19. The van der Waals surface area contributed by atoms with Crippen molar-refractivity contribution in [3.63, 3.8) is 0 Å². The first-order valence-electron chi connectivity index (χ1n) is 5.72. The summed E-state index contributed by atoms with van der Waals surface area (Å²) in [7, 11) is 1.36. The summed E-state index contributed by atoms with van der Waals surface area (Å²) < 4.78 is 0. The highest BCUT2D eigenvalue weighted by atomic mass is 16.2. The highest BCUT2D eigenvalue weighted by Crippen LogP contribution is 2.05. The minimum Gasteiger partial charge on any atom is -0.340 e. The Morgan fingerprint density at radius 3 is 2.63 bits per heavy atom. The molecule has 0 heterocycles. The van der Waals surface area contributed by atoms with E-state index in [0.717, 1.165) is 16.5 Å². The van der Waals surface area contributed by atoms with Crippen molar-refractivity contribution in [2.45, 2.75) is 12.5 Å². The maximum atomic E-state index is 12.0. The molecule has 98 valence electrons. The van der Waals surface area contributed by atoms with Gasteiger partial charge in [-0.25, -0.2) is 0 Å². The van der Waals surface area contributed by atoms with Crippen molar-refractivity contribution in [1.82, 2.24) is 10.2 Å². The molecule has 0 aromatic heterocycles. The summed E-state index contributed by atoms with van der Waals surface area (Å²) in [6.45, 7) is 3.34. The molecule has 1 aromatic carbocycles. The number of benzene rings is 1. The third-order valence-electron chi connectivity index (χ3n) is 2.56. The number of carbonyl (C=O) groups excluding carboxylic acids is 2. The van der Waals surface area contributed by atoms with Gasteiger partial charge in [0.1, 0.15) is 6.04 Å². The van der Waals surface area contributed by atoms with Crippen molar-refractivity contribution in [2.24, 2.45) is 0 Å². The first-order chi connectivity index (χ1) is 9.08. The van der Waals surface area contributed by atoms with Crippen LogP contribution in [0.2, 0.25) is 0 Å². The molecule has 1 unspecified atom stereocenters. The Bertz CT molecular complexity index is 505. The number of carbonyl (C=O) groups is 2. The lowest BCUT2D eigenvalue weighted by atomic mass is 10.0. The van der Waals surface area contributed by atoms with E-state index in [-0.39, 0.29) is 0 Å². The lowest BCUT2D eigenvalue weighted by molar-refractivity contribution is -0.132.